The summed E-state index contributed by atoms with van der Waals surface area (Å²) in [6.07, 6.45) is 0. The van der Waals surface area contributed by atoms with Crippen molar-refractivity contribution in [3.8, 4) is 5.75 Å². The number of benzene rings is 1. The molecule has 0 spiro atoms. The molecule has 0 saturated carbocycles. The summed E-state index contributed by atoms with van der Waals surface area (Å²) in [7, 11) is 1.71. The Morgan fingerprint density at radius 1 is 1.26 bits per heavy atom. The molecule has 1 aliphatic heterocycles. The average molecular weight is 263 g/mol. The van der Waals surface area contributed by atoms with E-state index in [1.807, 2.05) is 6.07 Å². The number of rotatable bonds is 5. The zero-order valence-electron chi connectivity index (χ0n) is 12.0. The summed E-state index contributed by atoms with van der Waals surface area (Å²) in [6, 6.07) is 8.83. The highest BCUT2D eigenvalue weighted by Crippen LogP contribution is 2.15. The lowest BCUT2D eigenvalue weighted by Gasteiger charge is -2.37. The second-order valence-electron chi connectivity index (χ2n) is 5.25. The van der Waals surface area contributed by atoms with Gasteiger partial charge in [0.2, 0.25) is 0 Å². The van der Waals surface area contributed by atoms with E-state index in [-0.39, 0.29) is 0 Å². The van der Waals surface area contributed by atoms with Crippen molar-refractivity contribution in [2.24, 2.45) is 5.73 Å². The van der Waals surface area contributed by atoms with Crippen LogP contribution in [0.2, 0.25) is 0 Å². The molecule has 0 bridgehead atoms. The second-order valence-corrected chi connectivity index (χ2v) is 5.25. The third-order valence-corrected chi connectivity index (χ3v) is 3.91. The first kappa shape index (κ1) is 14.3. The molecule has 1 aromatic rings. The first-order chi connectivity index (χ1) is 9.22. The zero-order valence-corrected chi connectivity index (χ0v) is 12.0. The minimum atomic E-state index is 0.499. The van der Waals surface area contributed by atoms with E-state index in [1.54, 1.807) is 7.11 Å². The molecule has 1 aromatic carbocycles. The summed E-state index contributed by atoms with van der Waals surface area (Å²) in [4.78, 5) is 4.97. The number of nitrogens with zero attached hydrogens (tertiary/aromatic N) is 2. The van der Waals surface area contributed by atoms with E-state index in [0.717, 1.165) is 45.0 Å². The van der Waals surface area contributed by atoms with E-state index in [2.05, 4.69) is 34.9 Å². The van der Waals surface area contributed by atoms with E-state index >= 15 is 0 Å². The van der Waals surface area contributed by atoms with Crippen LogP contribution in [-0.2, 0) is 6.54 Å². The fraction of sp³-hybridized carbons (Fsp3) is 0.600. The minimum Gasteiger partial charge on any atom is -0.497 e. The SMILES string of the molecule is COc1cccc(CN2CCN(C(C)CN)CC2)c1. The molecule has 4 nitrogen and oxygen atoms in total. The van der Waals surface area contributed by atoms with Gasteiger partial charge in [0.15, 0.2) is 0 Å². The second kappa shape index (κ2) is 6.89. The normalized spacial score (nSPS) is 19.3. The van der Waals surface area contributed by atoms with Crippen LogP contribution in [0, 0.1) is 0 Å². The van der Waals surface area contributed by atoms with Crippen molar-refractivity contribution < 1.29 is 4.74 Å². The molecular weight excluding hydrogens is 238 g/mol. The molecule has 0 radical (unpaired) electrons. The predicted molar refractivity (Wildman–Crippen MR) is 78.4 cm³/mol. The molecule has 2 N–H and O–H groups in total. The Hall–Kier alpha value is -1.10. The number of hydrogen-bond donors (Lipinski definition) is 1. The fourth-order valence-corrected chi connectivity index (χ4v) is 2.54. The van der Waals surface area contributed by atoms with Crippen molar-refractivity contribution in [2.45, 2.75) is 19.5 Å². The summed E-state index contributed by atoms with van der Waals surface area (Å²) in [5.74, 6) is 0.938. The number of hydrogen-bond acceptors (Lipinski definition) is 4. The Balaban J connectivity index is 1.85. The van der Waals surface area contributed by atoms with Crippen LogP contribution in [0.15, 0.2) is 24.3 Å². The van der Waals surface area contributed by atoms with E-state index in [4.69, 9.17) is 10.5 Å². The van der Waals surface area contributed by atoms with Crippen LogP contribution in [0.3, 0.4) is 0 Å². The van der Waals surface area contributed by atoms with Crippen LogP contribution >= 0.6 is 0 Å². The van der Waals surface area contributed by atoms with Crippen molar-refractivity contribution in [3.63, 3.8) is 0 Å². The molecule has 4 heteroatoms. The third kappa shape index (κ3) is 3.93. The minimum absolute atomic E-state index is 0.499. The van der Waals surface area contributed by atoms with E-state index in [0.29, 0.717) is 6.04 Å². The lowest BCUT2D eigenvalue weighted by atomic mass is 10.1. The zero-order chi connectivity index (χ0) is 13.7. The lowest BCUT2D eigenvalue weighted by Crippen LogP contribution is -2.51. The standard InChI is InChI=1S/C15H25N3O/c1-13(11-16)18-8-6-17(7-9-18)12-14-4-3-5-15(10-14)19-2/h3-5,10,13H,6-9,11-12,16H2,1-2H3. The van der Waals surface area contributed by atoms with Gasteiger partial charge in [-0.05, 0) is 24.6 Å². The van der Waals surface area contributed by atoms with Gasteiger partial charge in [-0.1, -0.05) is 12.1 Å². The van der Waals surface area contributed by atoms with Crippen LogP contribution in [-0.4, -0.2) is 55.7 Å². The number of methoxy groups -OCH3 is 1. The summed E-state index contributed by atoms with van der Waals surface area (Å²) < 4.78 is 5.27. The number of piperazine rings is 1. The summed E-state index contributed by atoms with van der Waals surface area (Å²) in [5.41, 5.74) is 7.04. The van der Waals surface area contributed by atoms with Gasteiger partial charge in [-0.2, -0.15) is 0 Å². The summed E-state index contributed by atoms with van der Waals surface area (Å²) >= 11 is 0. The molecule has 106 valence electrons. The van der Waals surface area contributed by atoms with Crippen LogP contribution < -0.4 is 10.5 Å². The first-order valence-electron chi connectivity index (χ1n) is 7.02. The Morgan fingerprint density at radius 3 is 2.63 bits per heavy atom. The van der Waals surface area contributed by atoms with Crippen LogP contribution in [0.5, 0.6) is 5.75 Å². The van der Waals surface area contributed by atoms with Gasteiger partial charge in [-0.15, -0.1) is 0 Å². The molecule has 1 fully saturated rings. The fourth-order valence-electron chi connectivity index (χ4n) is 2.54. The predicted octanol–water partition coefficient (Wildman–Crippen LogP) is 1.16. The topological polar surface area (TPSA) is 41.7 Å². The molecule has 0 amide bonds. The highest BCUT2D eigenvalue weighted by Gasteiger charge is 2.20. The molecule has 19 heavy (non-hydrogen) atoms. The van der Waals surface area contributed by atoms with Crippen molar-refractivity contribution in [1.29, 1.82) is 0 Å². The molecule has 1 heterocycles. The van der Waals surface area contributed by atoms with Crippen LogP contribution in [0.1, 0.15) is 12.5 Å². The van der Waals surface area contributed by atoms with Gasteiger partial charge < -0.3 is 10.5 Å². The van der Waals surface area contributed by atoms with E-state index in [9.17, 15) is 0 Å². The maximum Gasteiger partial charge on any atom is 0.119 e. The quantitative estimate of drug-likeness (QED) is 0.865. The van der Waals surface area contributed by atoms with Crippen molar-refractivity contribution in [3.05, 3.63) is 29.8 Å². The maximum atomic E-state index is 5.72. The first-order valence-corrected chi connectivity index (χ1v) is 7.02. The van der Waals surface area contributed by atoms with Gasteiger partial charge in [-0.3, -0.25) is 9.80 Å². The van der Waals surface area contributed by atoms with Crippen molar-refractivity contribution >= 4 is 0 Å². The van der Waals surface area contributed by atoms with Crippen LogP contribution in [0.25, 0.3) is 0 Å². The Bertz CT molecular complexity index is 389. The number of ether oxygens (including phenoxy) is 1. The molecule has 1 aliphatic rings. The third-order valence-electron chi connectivity index (χ3n) is 3.91. The number of nitrogens with two attached hydrogens (primary N) is 1. The molecular formula is C15H25N3O. The van der Waals surface area contributed by atoms with E-state index in [1.165, 1.54) is 5.56 Å². The highest BCUT2D eigenvalue weighted by molar-refractivity contribution is 5.28. The smallest absolute Gasteiger partial charge is 0.119 e. The molecule has 0 aromatic heterocycles. The Kier molecular flexibility index (Phi) is 5.19. The van der Waals surface area contributed by atoms with Gasteiger partial charge in [0, 0.05) is 45.3 Å². The summed E-state index contributed by atoms with van der Waals surface area (Å²) in [6.45, 7) is 8.41. The van der Waals surface area contributed by atoms with Crippen LogP contribution in [0.4, 0.5) is 0 Å². The van der Waals surface area contributed by atoms with Gasteiger partial charge in [0.1, 0.15) is 5.75 Å². The van der Waals surface area contributed by atoms with Gasteiger partial charge in [-0.25, -0.2) is 0 Å². The summed E-state index contributed by atoms with van der Waals surface area (Å²) in [5, 5.41) is 0. The monoisotopic (exact) mass is 263 g/mol. The molecule has 2 rings (SSSR count). The lowest BCUT2D eigenvalue weighted by molar-refractivity contribution is 0.100. The van der Waals surface area contributed by atoms with Crippen molar-refractivity contribution in [1.82, 2.24) is 9.80 Å². The maximum absolute atomic E-state index is 5.72. The molecule has 1 atom stereocenters. The van der Waals surface area contributed by atoms with Crippen molar-refractivity contribution in [2.75, 3.05) is 39.8 Å². The largest absolute Gasteiger partial charge is 0.497 e. The molecule has 0 aliphatic carbocycles. The highest BCUT2D eigenvalue weighted by atomic mass is 16.5. The van der Waals surface area contributed by atoms with Gasteiger partial charge in [0.05, 0.1) is 7.11 Å². The average Bonchev–Trinajstić information content (AvgIpc) is 2.47. The molecule has 1 unspecified atom stereocenters. The Labute approximate surface area is 116 Å². The molecule has 1 saturated heterocycles. The van der Waals surface area contributed by atoms with E-state index < -0.39 is 0 Å². The van der Waals surface area contributed by atoms with Gasteiger partial charge in [0.25, 0.3) is 0 Å². The van der Waals surface area contributed by atoms with Gasteiger partial charge >= 0.3 is 0 Å². The Morgan fingerprint density at radius 2 is 2.00 bits per heavy atom.